The van der Waals surface area contributed by atoms with E-state index in [0.29, 0.717) is 0 Å². The number of esters is 1. The second-order valence-electron chi connectivity index (χ2n) is 6.80. The molecule has 0 aromatic rings. The summed E-state index contributed by atoms with van der Waals surface area (Å²) in [5.41, 5.74) is -0.129. The van der Waals surface area contributed by atoms with Crippen molar-refractivity contribution in [3.63, 3.8) is 0 Å². The van der Waals surface area contributed by atoms with Crippen molar-refractivity contribution in [2.24, 2.45) is 0 Å². The van der Waals surface area contributed by atoms with Crippen molar-refractivity contribution in [2.45, 2.75) is 45.3 Å². The summed E-state index contributed by atoms with van der Waals surface area (Å²) in [6.07, 6.45) is 1.67. The number of rotatable bonds is 5. The van der Waals surface area contributed by atoms with Crippen LogP contribution in [0.5, 0.6) is 0 Å². The molecule has 0 aliphatic carbocycles. The molecule has 23 heavy (non-hydrogen) atoms. The zero-order chi connectivity index (χ0) is 17.5. The van der Waals surface area contributed by atoms with Gasteiger partial charge in [-0.05, 0) is 33.2 Å². The van der Waals surface area contributed by atoms with E-state index in [4.69, 9.17) is 9.31 Å². The number of hydrogen-bond donors (Lipinski definition) is 0. The Morgan fingerprint density at radius 3 is 2.39 bits per heavy atom. The van der Waals surface area contributed by atoms with E-state index in [9.17, 15) is 13.2 Å². The molecule has 9 heteroatoms. The van der Waals surface area contributed by atoms with Gasteiger partial charge in [-0.2, -0.15) is 4.31 Å². The van der Waals surface area contributed by atoms with Crippen LogP contribution in [0.3, 0.4) is 0 Å². The topological polar surface area (TPSA) is 82.1 Å². The van der Waals surface area contributed by atoms with E-state index in [1.54, 1.807) is 0 Å². The van der Waals surface area contributed by atoms with Crippen LogP contribution >= 0.6 is 0 Å². The smallest absolute Gasteiger partial charge is 0.469 e. The molecule has 0 radical (unpaired) electrons. The van der Waals surface area contributed by atoms with E-state index >= 15 is 0 Å². The molecule has 2 heterocycles. The summed E-state index contributed by atoms with van der Waals surface area (Å²) < 4.78 is 42.2. The minimum Gasteiger partial charge on any atom is -0.469 e. The summed E-state index contributed by atoms with van der Waals surface area (Å²) in [7, 11) is -2.82. The van der Waals surface area contributed by atoms with Crippen molar-refractivity contribution >= 4 is 23.1 Å². The molecule has 2 aliphatic heterocycles. The van der Waals surface area contributed by atoms with Crippen LogP contribution in [-0.2, 0) is 28.9 Å². The number of ether oxygens (including phenoxy) is 1. The molecule has 0 atom stereocenters. The maximum absolute atomic E-state index is 12.3. The highest BCUT2D eigenvalue weighted by atomic mass is 32.2. The van der Waals surface area contributed by atoms with Crippen LogP contribution in [-0.4, -0.2) is 63.0 Å². The molecule has 130 valence electrons. The number of carbonyl (C=O) groups is 1. The van der Waals surface area contributed by atoms with Gasteiger partial charge in [0.2, 0.25) is 10.0 Å². The minimum absolute atomic E-state index is 0.152. The molecule has 0 saturated carbocycles. The van der Waals surface area contributed by atoms with Crippen molar-refractivity contribution < 1.29 is 27.3 Å². The summed E-state index contributed by atoms with van der Waals surface area (Å²) in [4.78, 5) is 11.1. The van der Waals surface area contributed by atoms with Crippen LogP contribution in [0, 0.1) is 0 Å². The van der Waals surface area contributed by atoms with Crippen molar-refractivity contribution in [1.82, 2.24) is 4.31 Å². The van der Waals surface area contributed by atoms with E-state index in [0.717, 1.165) is 5.47 Å². The average Bonchev–Trinajstić information content (AvgIpc) is 3.00. The van der Waals surface area contributed by atoms with E-state index in [2.05, 4.69) is 4.74 Å². The van der Waals surface area contributed by atoms with Gasteiger partial charge in [-0.15, -0.1) is 0 Å². The lowest BCUT2D eigenvalue weighted by Crippen LogP contribution is -2.41. The Balaban J connectivity index is 1.97. The summed E-state index contributed by atoms with van der Waals surface area (Å²) >= 11 is 0. The number of nitrogens with zero attached hydrogens (tertiary/aromatic N) is 1. The second kappa shape index (κ2) is 6.20. The van der Waals surface area contributed by atoms with E-state index in [1.807, 2.05) is 33.8 Å². The fourth-order valence-electron chi connectivity index (χ4n) is 2.37. The average molecular weight is 345 g/mol. The Labute approximate surface area is 138 Å². The van der Waals surface area contributed by atoms with Gasteiger partial charge in [0, 0.05) is 13.1 Å². The number of carbonyl (C=O) groups excluding carboxylic acids is 1. The first-order chi connectivity index (χ1) is 10.5. The molecule has 0 aromatic carbocycles. The zero-order valence-electron chi connectivity index (χ0n) is 14.3. The van der Waals surface area contributed by atoms with Crippen LogP contribution < -0.4 is 0 Å². The Hall–Kier alpha value is -0.895. The molecular weight excluding hydrogens is 321 g/mol. The normalized spacial score (nSPS) is 23.9. The van der Waals surface area contributed by atoms with Gasteiger partial charge in [-0.3, -0.25) is 4.79 Å². The fourth-order valence-corrected chi connectivity index (χ4v) is 3.70. The highest BCUT2D eigenvalue weighted by molar-refractivity contribution is 7.89. The largest absolute Gasteiger partial charge is 0.491 e. The zero-order valence-corrected chi connectivity index (χ0v) is 15.1. The summed E-state index contributed by atoms with van der Waals surface area (Å²) in [5, 5.41) is 0. The molecule has 1 saturated heterocycles. The van der Waals surface area contributed by atoms with Crippen molar-refractivity contribution in [3.05, 3.63) is 11.5 Å². The fraction of sp³-hybridized carbons (Fsp3) is 0.786. The predicted octanol–water partition coefficient (Wildman–Crippen LogP) is 0.753. The Morgan fingerprint density at radius 2 is 1.87 bits per heavy atom. The maximum Gasteiger partial charge on any atom is 0.491 e. The summed E-state index contributed by atoms with van der Waals surface area (Å²) in [6, 6.07) is 0. The first kappa shape index (κ1) is 18.4. The highest BCUT2D eigenvalue weighted by Crippen LogP contribution is 2.39. The lowest BCUT2D eigenvalue weighted by atomic mass is 9.79. The molecule has 2 rings (SSSR count). The molecule has 0 N–H and O–H groups in total. The third-order valence-corrected chi connectivity index (χ3v) is 6.44. The van der Waals surface area contributed by atoms with Crippen LogP contribution in [0.25, 0.3) is 0 Å². The highest BCUT2D eigenvalue weighted by Gasteiger charge is 2.53. The molecule has 0 bridgehead atoms. The Kier molecular flexibility index (Phi) is 4.97. The Bertz CT molecular complexity index is 597. The van der Waals surface area contributed by atoms with Crippen LogP contribution in [0.4, 0.5) is 0 Å². The van der Waals surface area contributed by atoms with E-state index in [1.165, 1.54) is 11.4 Å². The van der Waals surface area contributed by atoms with Crippen LogP contribution in [0.1, 0.15) is 34.1 Å². The van der Waals surface area contributed by atoms with Gasteiger partial charge in [0.25, 0.3) is 0 Å². The summed E-state index contributed by atoms with van der Waals surface area (Å²) in [5.74, 6) is -0.795. The van der Waals surface area contributed by atoms with Crippen molar-refractivity contribution in [3.8, 4) is 0 Å². The molecular formula is C14H24BNO6S. The minimum atomic E-state index is -3.52. The van der Waals surface area contributed by atoms with Crippen LogP contribution in [0.2, 0.25) is 0 Å². The van der Waals surface area contributed by atoms with Gasteiger partial charge < -0.3 is 14.0 Å². The molecule has 0 unspecified atom stereocenters. The van der Waals surface area contributed by atoms with E-state index < -0.39 is 34.3 Å². The molecule has 7 nitrogen and oxygen atoms in total. The van der Waals surface area contributed by atoms with Crippen molar-refractivity contribution in [2.75, 3.05) is 26.0 Å². The third kappa shape index (κ3) is 3.79. The lowest BCUT2D eigenvalue weighted by molar-refractivity contribution is -0.140. The van der Waals surface area contributed by atoms with Gasteiger partial charge in [0.15, 0.2) is 0 Å². The lowest BCUT2D eigenvalue weighted by Gasteiger charge is -2.32. The first-order valence-electron chi connectivity index (χ1n) is 7.58. The standard InChI is InChI=1S/C14H24BNO6S/c1-13(2)14(3,4)22-15(21-13)11-6-8-16(10-11)23(18,19)9-7-12(17)20-5/h6H,7-10H2,1-5H3. The maximum atomic E-state index is 12.3. The van der Waals surface area contributed by atoms with Gasteiger partial charge >= 0.3 is 13.1 Å². The second-order valence-corrected chi connectivity index (χ2v) is 8.89. The molecule has 2 aliphatic rings. The third-order valence-electron chi connectivity index (χ3n) is 4.66. The predicted molar refractivity (Wildman–Crippen MR) is 86.2 cm³/mol. The van der Waals surface area contributed by atoms with Gasteiger partial charge in [0.1, 0.15) is 0 Å². The SMILES string of the molecule is COC(=O)CCS(=O)(=O)N1CC=C(B2OC(C)(C)C(C)(C)O2)C1. The Morgan fingerprint density at radius 1 is 1.30 bits per heavy atom. The van der Waals surface area contributed by atoms with Crippen molar-refractivity contribution in [1.29, 1.82) is 0 Å². The molecule has 0 spiro atoms. The van der Waals surface area contributed by atoms with Gasteiger partial charge in [-0.1, -0.05) is 6.08 Å². The van der Waals surface area contributed by atoms with Crippen LogP contribution in [0.15, 0.2) is 11.5 Å². The first-order valence-corrected chi connectivity index (χ1v) is 9.19. The molecule has 0 aromatic heterocycles. The monoisotopic (exact) mass is 345 g/mol. The van der Waals surface area contributed by atoms with Gasteiger partial charge in [0.05, 0.1) is 30.5 Å². The quantitative estimate of drug-likeness (QED) is 0.540. The molecule has 1 fully saturated rings. The number of sulfonamides is 1. The number of hydrogen-bond acceptors (Lipinski definition) is 6. The van der Waals surface area contributed by atoms with E-state index in [-0.39, 0.29) is 25.3 Å². The summed E-state index contributed by atoms with van der Waals surface area (Å²) in [6.45, 7) is 8.30. The number of methoxy groups -OCH3 is 1. The molecule has 0 amide bonds. The van der Waals surface area contributed by atoms with Gasteiger partial charge in [-0.25, -0.2) is 8.42 Å².